The number of hydrogen-bond acceptors (Lipinski definition) is 8. The fourth-order valence-corrected chi connectivity index (χ4v) is 25.6. The largest absolute Gasteiger partial charge is 0.508 e. The van der Waals surface area contributed by atoms with E-state index in [0.717, 1.165) is 0 Å². The Hall–Kier alpha value is -0.579. The summed E-state index contributed by atoms with van der Waals surface area (Å²) < 4.78 is 36.5. The molecule has 0 aromatic heterocycles. The third-order valence-corrected chi connectivity index (χ3v) is 25.9. The Morgan fingerprint density at radius 3 is 0.767 bits per heavy atom. The van der Waals surface area contributed by atoms with Crippen molar-refractivity contribution < 1.29 is 34.3 Å². The molecule has 8 nitrogen and oxygen atoms in total. The zero-order valence-corrected chi connectivity index (χ0v) is 24.1. The van der Waals surface area contributed by atoms with Gasteiger partial charge in [0, 0.05) is 0 Å². The van der Waals surface area contributed by atoms with Gasteiger partial charge in [-0.2, -0.15) is 0 Å². The van der Waals surface area contributed by atoms with Gasteiger partial charge >= 0.3 is 51.9 Å². The molecule has 0 bridgehead atoms. The quantitative estimate of drug-likeness (QED) is 0.516. The van der Waals surface area contributed by atoms with Crippen molar-refractivity contribution in [3.63, 3.8) is 0 Å². The molecule has 0 aromatic rings. The van der Waals surface area contributed by atoms with Crippen LogP contribution >= 0.6 is 0 Å². The zero-order valence-electron chi connectivity index (χ0n) is 18.1. The van der Waals surface area contributed by atoms with Crippen LogP contribution < -0.4 is 0 Å². The topological polar surface area (TPSA) is 95.8 Å². The predicted molar refractivity (Wildman–Crippen MR) is 130 cm³/mol. The molecule has 4 atom stereocenters. The highest BCUT2D eigenvalue weighted by molar-refractivity contribution is 6.97. The van der Waals surface area contributed by atoms with Gasteiger partial charge in [0.05, 0.1) is 0 Å². The summed E-state index contributed by atoms with van der Waals surface area (Å²) in [5.74, 6) is 0. The van der Waals surface area contributed by atoms with Crippen LogP contribution in [-0.4, -0.2) is 61.4 Å². The molecule has 0 amide bonds. The molecule has 4 unspecified atom stereocenters. The highest BCUT2D eigenvalue weighted by Crippen LogP contribution is 2.31. The lowest BCUT2D eigenvalue weighted by molar-refractivity contribution is 0.179. The highest BCUT2D eigenvalue weighted by atomic mass is 28.5. The van der Waals surface area contributed by atoms with E-state index in [1.165, 1.54) is 34.2 Å². The van der Waals surface area contributed by atoms with Crippen molar-refractivity contribution >= 4 is 51.9 Å². The molecule has 0 aromatic carbocycles. The van der Waals surface area contributed by atoms with E-state index < -0.39 is 51.9 Å². The Bertz CT molecular complexity index is 561. The van der Waals surface area contributed by atoms with Crippen molar-refractivity contribution in [3.8, 4) is 0 Å². The number of rotatable bonds is 6. The molecule has 168 valence electrons. The van der Waals surface area contributed by atoms with Crippen LogP contribution in [0, 0.1) is 0 Å². The fourth-order valence-electron chi connectivity index (χ4n) is 2.59. The van der Waals surface area contributed by atoms with E-state index in [1.807, 2.05) is 0 Å². The second-order valence-electron chi connectivity index (χ2n) is 7.16. The summed E-state index contributed by atoms with van der Waals surface area (Å²) in [4.78, 5) is 22.3. The first-order chi connectivity index (χ1) is 13.6. The van der Waals surface area contributed by atoms with E-state index in [0.29, 0.717) is 0 Å². The maximum atomic E-state index is 11.2. The van der Waals surface area contributed by atoms with Crippen LogP contribution in [0.25, 0.3) is 0 Å². The summed E-state index contributed by atoms with van der Waals surface area (Å²) in [6.45, 7) is 29.2. The van der Waals surface area contributed by atoms with Crippen molar-refractivity contribution in [2.24, 2.45) is 0 Å². The van der Waals surface area contributed by atoms with Gasteiger partial charge in [0.2, 0.25) is 0 Å². The lowest BCUT2D eigenvalue weighted by atomic mass is 11.3. The van der Waals surface area contributed by atoms with Crippen LogP contribution in [0.2, 0.25) is 26.2 Å². The second kappa shape index (κ2) is 9.50. The van der Waals surface area contributed by atoms with Crippen LogP contribution in [0.15, 0.2) is 73.7 Å². The van der Waals surface area contributed by atoms with Gasteiger partial charge < -0.3 is 34.3 Å². The van der Waals surface area contributed by atoms with E-state index in [2.05, 4.69) is 39.5 Å². The minimum Gasteiger partial charge on any atom is -0.409 e. The molecule has 1 fully saturated rings. The average molecular weight is 521 g/mol. The van der Waals surface area contributed by atoms with E-state index in [9.17, 15) is 9.59 Å². The minimum absolute atomic E-state index is 1.23. The molecule has 14 heteroatoms. The Morgan fingerprint density at radius 1 is 0.433 bits per heavy atom. The van der Waals surface area contributed by atoms with Crippen LogP contribution in [0.5, 0.6) is 0 Å². The van der Waals surface area contributed by atoms with Gasteiger partial charge in [-0.05, 0) is 37.6 Å². The number of hydrogen-bond donors (Lipinski definition) is 2. The molecule has 1 saturated heterocycles. The molecule has 0 radical (unpaired) electrons. The molecule has 1 heterocycles. The summed E-state index contributed by atoms with van der Waals surface area (Å²) in [7, 11) is -21.2. The maximum absolute atomic E-state index is 11.2. The van der Waals surface area contributed by atoms with Crippen molar-refractivity contribution in [1.82, 2.24) is 0 Å². The predicted octanol–water partition coefficient (Wildman–Crippen LogP) is 2.60. The van der Waals surface area contributed by atoms with Crippen molar-refractivity contribution in [3.05, 3.63) is 73.7 Å². The second-order valence-corrected chi connectivity index (χ2v) is 25.2. The molecule has 0 aliphatic carbocycles. The lowest BCUT2D eigenvalue weighted by Crippen LogP contribution is -2.67. The molecule has 1 aliphatic heterocycles. The maximum Gasteiger partial charge on any atom is 0.508 e. The summed E-state index contributed by atoms with van der Waals surface area (Å²) in [5, 5.41) is 0. The highest BCUT2D eigenvalue weighted by Gasteiger charge is 2.57. The summed E-state index contributed by atoms with van der Waals surface area (Å²) in [6, 6.07) is 0. The van der Waals surface area contributed by atoms with Crippen LogP contribution in [0.1, 0.15) is 0 Å². The lowest BCUT2D eigenvalue weighted by Gasteiger charge is -2.44. The molecule has 30 heavy (non-hydrogen) atoms. The van der Waals surface area contributed by atoms with Crippen molar-refractivity contribution in [1.29, 1.82) is 0 Å². The Morgan fingerprint density at radius 2 is 0.633 bits per heavy atom. The van der Waals surface area contributed by atoms with Gasteiger partial charge in [-0.1, -0.05) is 36.0 Å². The summed E-state index contributed by atoms with van der Waals surface area (Å²) >= 11 is 0. The summed E-state index contributed by atoms with van der Waals surface area (Å²) in [5.41, 5.74) is 8.37. The molecular formula is C16H32O8Si6. The summed E-state index contributed by atoms with van der Waals surface area (Å²) in [6.07, 6.45) is 0. The monoisotopic (exact) mass is 520 g/mol. The molecule has 1 rings (SSSR count). The first kappa shape index (κ1) is 27.5. The van der Waals surface area contributed by atoms with E-state index in [1.54, 1.807) is 26.2 Å². The van der Waals surface area contributed by atoms with Crippen molar-refractivity contribution in [2.75, 3.05) is 0 Å². The standard InChI is InChI=1S/C16H32O8Si6/c1-11-25(7)19-26(8,12-2)22-30(18,16-6)24-28(10,14-4)20-27(9,13-3)23-29(17,15-5)21-25/h11-18H,1-6H2,7-10H3. The molecule has 1 aliphatic rings. The first-order valence-electron chi connectivity index (χ1n) is 9.08. The third kappa shape index (κ3) is 6.71. The van der Waals surface area contributed by atoms with Crippen molar-refractivity contribution in [2.45, 2.75) is 26.2 Å². The van der Waals surface area contributed by atoms with Crippen LogP contribution in [0.3, 0.4) is 0 Å². The Kier molecular flexibility index (Phi) is 8.70. The Balaban J connectivity index is 3.70. The average Bonchev–Trinajstić information content (AvgIpc) is 2.66. The van der Waals surface area contributed by atoms with E-state index >= 15 is 0 Å². The van der Waals surface area contributed by atoms with Gasteiger partial charge in [-0.15, -0.1) is 26.3 Å². The zero-order chi connectivity index (χ0) is 23.5. The molecular weight excluding hydrogens is 489 g/mol. The Labute approximate surface area is 185 Å². The van der Waals surface area contributed by atoms with Gasteiger partial charge in [0.1, 0.15) is 0 Å². The smallest absolute Gasteiger partial charge is 0.409 e. The van der Waals surface area contributed by atoms with Crippen LogP contribution in [-0.2, 0) is 24.7 Å². The molecule has 0 spiro atoms. The third-order valence-electron chi connectivity index (χ3n) is 4.21. The molecule has 0 saturated carbocycles. The normalized spacial score (nSPS) is 45.8. The minimum atomic E-state index is -4.01. The first-order valence-corrected chi connectivity index (χ1v) is 22.3. The van der Waals surface area contributed by atoms with Gasteiger partial charge in [-0.25, -0.2) is 0 Å². The van der Waals surface area contributed by atoms with E-state index in [-0.39, 0.29) is 0 Å². The SMILES string of the molecule is C=C[Si]1(C)O[Si](C)(C=C)O[Si](O)(C=C)O[Si](C)(C=C)O[Si](C)(C=C)O[Si](O)(C=C)O1. The fraction of sp³-hybridized carbons (Fsp3) is 0.250. The van der Waals surface area contributed by atoms with E-state index in [4.69, 9.17) is 24.7 Å². The van der Waals surface area contributed by atoms with Crippen LogP contribution in [0.4, 0.5) is 0 Å². The van der Waals surface area contributed by atoms with Gasteiger partial charge in [0.15, 0.2) is 0 Å². The van der Waals surface area contributed by atoms with Gasteiger partial charge in [-0.3, -0.25) is 0 Å². The van der Waals surface area contributed by atoms with Gasteiger partial charge in [0.25, 0.3) is 0 Å². The molecule has 2 N–H and O–H groups in total.